The zero-order chi connectivity index (χ0) is 20.5. The maximum absolute atomic E-state index is 12.9. The topological polar surface area (TPSA) is 77.1 Å². The summed E-state index contributed by atoms with van der Waals surface area (Å²) in [7, 11) is 4.67. The lowest BCUT2D eigenvalue weighted by Gasteiger charge is -2.28. The minimum Gasteiger partial charge on any atom is -0.497 e. The molecule has 1 atom stereocenters. The van der Waals surface area contributed by atoms with Gasteiger partial charge in [-0.15, -0.1) is 0 Å². The first kappa shape index (κ1) is 21.1. The van der Waals surface area contributed by atoms with Crippen LogP contribution in [0.15, 0.2) is 48.5 Å². The molecule has 2 rings (SSSR count). The van der Waals surface area contributed by atoms with E-state index < -0.39 is 6.04 Å². The number of carbonyl (C=O) groups excluding carboxylic acids is 2. The first-order valence-electron chi connectivity index (χ1n) is 8.90. The summed E-state index contributed by atoms with van der Waals surface area (Å²) >= 11 is 0. The first-order valence-corrected chi connectivity index (χ1v) is 8.90. The monoisotopic (exact) mass is 386 g/mol. The van der Waals surface area contributed by atoms with Gasteiger partial charge in [0.05, 0.1) is 14.2 Å². The van der Waals surface area contributed by atoms with E-state index in [1.807, 2.05) is 30.3 Å². The van der Waals surface area contributed by atoms with Crippen LogP contribution in [0.2, 0.25) is 0 Å². The number of likely N-dealkylation sites (N-methyl/N-ethyl adjacent to an activating group) is 1. The lowest BCUT2D eigenvalue weighted by molar-refractivity contribution is -0.142. The molecule has 0 aliphatic rings. The number of nitrogens with zero attached hydrogens (tertiary/aromatic N) is 1. The fourth-order valence-electron chi connectivity index (χ4n) is 2.68. The largest absolute Gasteiger partial charge is 0.497 e. The van der Waals surface area contributed by atoms with Crippen LogP contribution >= 0.6 is 0 Å². The Morgan fingerprint density at radius 3 is 2.21 bits per heavy atom. The average Bonchev–Trinajstić information content (AvgIpc) is 2.75. The van der Waals surface area contributed by atoms with Gasteiger partial charge in [-0.2, -0.15) is 0 Å². The molecule has 2 amide bonds. The van der Waals surface area contributed by atoms with Crippen molar-refractivity contribution in [1.82, 2.24) is 10.2 Å². The Hall–Kier alpha value is -3.22. The van der Waals surface area contributed by atoms with E-state index in [1.165, 1.54) is 12.0 Å². The van der Waals surface area contributed by atoms with E-state index in [0.29, 0.717) is 11.5 Å². The normalized spacial score (nSPS) is 11.3. The van der Waals surface area contributed by atoms with Crippen molar-refractivity contribution in [3.05, 3.63) is 54.1 Å². The van der Waals surface area contributed by atoms with E-state index >= 15 is 0 Å². The predicted molar refractivity (Wildman–Crippen MR) is 106 cm³/mol. The quantitative estimate of drug-likeness (QED) is 0.715. The fourth-order valence-corrected chi connectivity index (χ4v) is 2.68. The van der Waals surface area contributed by atoms with E-state index in [2.05, 4.69) is 5.32 Å². The van der Waals surface area contributed by atoms with Gasteiger partial charge in [0.2, 0.25) is 5.91 Å². The number of hydrogen-bond donors (Lipinski definition) is 1. The van der Waals surface area contributed by atoms with Crippen molar-refractivity contribution in [2.45, 2.75) is 19.5 Å². The summed E-state index contributed by atoms with van der Waals surface area (Å²) in [5, 5.41) is 2.58. The third kappa shape index (κ3) is 5.39. The molecule has 0 bridgehead atoms. The van der Waals surface area contributed by atoms with Crippen LogP contribution in [0.1, 0.15) is 12.5 Å². The van der Waals surface area contributed by atoms with Gasteiger partial charge in [-0.1, -0.05) is 24.3 Å². The van der Waals surface area contributed by atoms with Gasteiger partial charge in [0, 0.05) is 13.6 Å². The summed E-state index contributed by atoms with van der Waals surface area (Å²) in [4.78, 5) is 26.5. The number of para-hydroxylation sites is 2. The Morgan fingerprint density at radius 1 is 1.00 bits per heavy atom. The van der Waals surface area contributed by atoms with Gasteiger partial charge in [-0.3, -0.25) is 9.59 Å². The molecule has 0 aliphatic carbocycles. The lowest BCUT2D eigenvalue weighted by Crippen LogP contribution is -2.48. The molecule has 0 saturated heterocycles. The van der Waals surface area contributed by atoms with Crippen LogP contribution in [-0.4, -0.2) is 50.6 Å². The van der Waals surface area contributed by atoms with Crippen LogP contribution in [0, 0.1) is 0 Å². The Labute approximate surface area is 165 Å². The van der Waals surface area contributed by atoms with E-state index in [0.717, 1.165) is 11.3 Å². The SMILES string of the molecule is CNC(=O)[C@H](C)N(Cc1ccc(OC)cc1)C(=O)COc1ccccc1OC. The predicted octanol–water partition coefficient (Wildman–Crippen LogP) is 2.25. The number of nitrogens with one attached hydrogen (secondary N) is 1. The first-order chi connectivity index (χ1) is 13.5. The van der Waals surface area contributed by atoms with Crippen LogP contribution in [0.4, 0.5) is 0 Å². The van der Waals surface area contributed by atoms with Gasteiger partial charge in [0.15, 0.2) is 18.1 Å². The standard InChI is InChI=1S/C21H26N2O5/c1-15(21(25)22-2)23(13-16-9-11-17(26-3)12-10-16)20(24)14-28-19-8-6-5-7-18(19)27-4/h5-12,15H,13-14H2,1-4H3,(H,22,25)/t15-/m0/s1. The molecule has 2 aromatic carbocycles. The van der Waals surface area contributed by atoms with Crippen molar-refractivity contribution in [3.63, 3.8) is 0 Å². The van der Waals surface area contributed by atoms with Gasteiger partial charge in [-0.25, -0.2) is 0 Å². The van der Waals surface area contributed by atoms with E-state index in [1.54, 1.807) is 39.3 Å². The van der Waals surface area contributed by atoms with Crippen LogP contribution < -0.4 is 19.5 Å². The van der Waals surface area contributed by atoms with Crippen molar-refractivity contribution in [2.75, 3.05) is 27.9 Å². The molecular formula is C21H26N2O5. The summed E-state index contributed by atoms with van der Waals surface area (Å²) < 4.78 is 16.0. The van der Waals surface area contributed by atoms with Crippen molar-refractivity contribution < 1.29 is 23.8 Å². The molecule has 0 saturated carbocycles. The molecule has 0 spiro atoms. The van der Waals surface area contributed by atoms with Gasteiger partial charge < -0.3 is 24.4 Å². The molecule has 0 aromatic heterocycles. The smallest absolute Gasteiger partial charge is 0.261 e. The summed E-state index contributed by atoms with van der Waals surface area (Å²) in [6, 6.07) is 13.8. The molecule has 0 heterocycles. The number of methoxy groups -OCH3 is 2. The number of amides is 2. The molecule has 0 aliphatic heterocycles. The fraction of sp³-hybridized carbons (Fsp3) is 0.333. The minimum absolute atomic E-state index is 0.210. The van der Waals surface area contributed by atoms with Crippen LogP contribution in [0.25, 0.3) is 0 Å². The highest BCUT2D eigenvalue weighted by Gasteiger charge is 2.26. The second kappa shape index (κ2) is 10.2. The van der Waals surface area contributed by atoms with Gasteiger partial charge in [-0.05, 0) is 36.8 Å². The number of rotatable bonds is 9. The Morgan fingerprint density at radius 2 is 1.64 bits per heavy atom. The van der Waals surface area contributed by atoms with Crippen LogP contribution in [0.3, 0.4) is 0 Å². The van der Waals surface area contributed by atoms with Crippen molar-refractivity contribution >= 4 is 11.8 Å². The maximum Gasteiger partial charge on any atom is 0.261 e. The average molecular weight is 386 g/mol. The van der Waals surface area contributed by atoms with Gasteiger partial charge >= 0.3 is 0 Å². The van der Waals surface area contributed by atoms with Crippen molar-refractivity contribution in [1.29, 1.82) is 0 Å². The highest BCUT2D eigenvalue weighted by Crippen LogP contribution is 2.26. The summed E-state index contributed by atoms with van der Waals surface area (Å²) in [5.41, 5.74) is 0.877. The lowest BCUT2D eigenvalue weighted by atomic mass is 10.1. The molecule has 0 fully saturated rings. The molecule has 1 N–H and O–H groups in total. The molecule has 7 nitrogen and oxygen atoms in total. The van der Waals surface area contributed by atoms with E-state index in [9.17, 15) is 9.59 Å². The zero-order valence-corrected chi connectivity index (χ0v) is 16.6. The van der Waals surface area contributed by atoms with Gasteiger partial charge in [0.1, 0.15) is 11.8 Å². The highest BCUT2D eigenvalue weighted by atomic mass is 16.5. The number of benzene rings is 2. The Bertz CT molecular complexity index is 792. The zero-order valence-electron chi connectivity index (χ0n) is 16.6. The third-order valence-corrected chi connectivity index (χ3v) is 4.35. The van der Waals surface area contributed by atoms with Crippen molar-refractivity contribution in [2.24, 2.45) is 0 Å². The number of hydrogen-bond acceptors (Lipinski definition) is 5. The Balaban J connectivity index is 2.14. The van der Waals surface area contributed by atoms with Crippen molar-refractivity contribution in [3.8, 4) is 17.2 Å². The summed E-state index contributed by atoms with van der Waals surface area (Å²) in [6.45, 7) is 1.74. The molecule has 0 radical (unpaired) electrons. The summed E-state index contributed by atoms with van der Waals surface area (Å²) in [5.74, 6) is 1.17. The Kier molecular flexibility index (Phi) is 7.68. The van der Waals surface area contributed by atoms with Gasteiger partial charge in [0.25, 0.3) is 5.91 Å². The minimum atomic E-state index is -0.652. The summed E-state index contributed by atoms with van der Waals surface area (Å²) in [6.07, 6.45) is 0. The maximum atomic E-state index is 12.9. The molecule has 28 heavy (non-hydrogen) atoms. The molecule has 7 heteroatoms. The van der Waals surface area contributed by atoms with Crippen LogP contribution in [0.5, 0.6) is 17.2 Å². The second-order valence-corrected chi connectivity index (χ2v) is 6.10. The van der Waals surface area contributed by atoms with E-state index in [-0.39, 0.29) is 25.0 Å². The number of carbonyl (C=O) groups is 2. The van der Waals surface area contributed by atoms with Crippen LogP contribution in [-0.2, 0) is 16.1 Å². The molecular weight excluding hydrogens is 360 g/mol. The third-order valence-electron chi connectivity index (χ3n) is 4.35. The highest BCUT2D eigenvalue weighted by molar-refractivity contribution is 5.87. The molecule has 0 unspecified atom stereocenters. The second-order valence-electron chi connectivity index (χ2n) is 6.10. The number of ether oxygens (including phenoxy) is 3. The van der Waals surface area contributed by atoms with E-state index in [4.69, 9.17) is 14.2 Å². The molecule has 2 aromatic rings. The molecule has 150 valence electrons.